The lowest BCUT2D eigenvalue weighted by atomic mass is 9.56. The molecule has 0 bridgehead atoms. The molecule has 200 valence electrons. The number of nitrogens with zero attached hydrogens (tertiary/aromatic N) is 5. The van der Waals surface area contributed by atoms with Gasteiger partial charge in [-0.25, -0.2) is 14.6 Å². The molecule has 0 spiro atoms. The van der Waals surface area contributed by atoms with Crippen LogP contribution in [-0.4, -0.2) is 43.2 Å². The second-order valence-electron chi connectivity index (χ2n) is 12.4. The summed E-state index contributed by atoms with van der Waals surface area (Å²) < 4.78 is 14.6. The van der Waals surface area contributed by atoms with E-state index in [4.69, 9.17) is 14.4 Å². The zero-order valence-electron chi connectivity index (χ0n) is 23.4. The van der Waals surface area contributed by atoms with Gasteiger partial charge in [-0.05, 0) is 76.5 Å². The molecule has 8 nitrogen and oxygen atoms in total. The van der Waals surface area contributed by atoms with Gasteiger partial charge in [0, 0.05) is 23.1 Å². The van der Waals surface area contributed by atoms with Crippen molar-refractivity contribution in [3.05, 3.63) is 65.4 Å². The first-order valence-electron chi connectivity index (χ1n) is 13.6. The Morgan fingerprint density at radius 1 is 1.08 bits per heavy atom. The maximum absolute atomic E-state index is 10.8. The van der Waals surface area contributed by atoms with E-state index in [1.54, 1.807) is 12.5 Å². The second kappa shape index (κ2) is 8.77. The monoisotopic (exact) mass is 523 g/mol. The predicted molar refractivity (Wildman–Crippen MR) is 149 cm³/mol. The number of aromatic nitrogens is 4. The molecular formula is C30H34BN5O3. The molecule has 3 heterocycles. The molecule has 3 aromatic rings. The summed E-state index contributed by atoms with van der Waals surface area (Å²) in [5.74, 6) is 0.306. The van der Waals surface area contributed by atoms with Gasteiger partial charge < -0.3 is 14.4 Å². The van der Waals surface area contributed by atoms with Crippen LogP contribution in [0.3, 0.4) is 0 Å². The molecule has 1 aromatic carbocycles. The molecule has 2 aromatic heterocycles. The molecule has 0 radical (unpaired) electrons. The zero-order chi connectivity index (χ0) is 27.7. The number of benzene rings is 1. The Morgan fingerprint density at radius 2 is 1.77 bits per heavy atom. The Balaban J connectivity index is 1.48. The summed E-state index contributed by atoms with van der Waals surface area (Å²) in [7, 11) is -0.445. The molecule has 2 aliphatic carbocycles. The summed E-state index contributed by atoms with van der Waals surface area (Å²) in [5, 5.41) is 25.8. The van der Waals surface area contributed by atoms with E-state index in [0.29, 0.717) is 12.0 Å². The van der Waals surface area contributed by atoms with Crippen LogP contribution in [-0.2, 0) is 21.1 Å². The molecule has 6 rings (SSSR count). The highest BCUT2D eigenvalue weighted by Crippen LogP contribution is 2.55. The van der Waals surface area contributed by atoms with Gasteiger partial charge in [0.25, 0.3) is 0 Å². The maximum Gasteiger partial charge on any atom is 0.494 e. The number of aliphatic hydroxyl groups excluding tert-OH is 1. The van der Waals surface area contributed by atoms with Crippen LogP contribution in [0.4, 0.5) is 0 Å². The van der Waals surface area contributed by atoms with Crippen molar-refractivity contribution >= 4 is 12.6 Å². The fourth-order valence-corrected chi connectivity index (χ4v) is 6.68. The van der Waals surface area contributed by atoms with Gasteiger partial charge in [0.15, 0.2) is 0 Å². The molecule has 39 heavy (non-hydrogen) atoms. The van der Waals surface area contributed by atoms with Gasteiger partial charge >= 0.3 is 7.12 Å². The molecule has 1 aliphatic heterocycles. The van der Waals surface area contributed by atoms with Gasteiger partial charge in [0.1, 0.15) is 17.8 Å². The summed E-state index contributed by atoms with van der Waals surface area (Å²) in [6.45, 7) is 12.5. The molecule has 0 amide bonds. The van der Waals surface area contributed by atoms with Gasteiger partial charge in [-0.2, -0.15) is 10.4 Å². The fraction of sp³-hybridized carbons (Fsp3) is 0.467. The van der Waals surface area contributed by atoms with Crippen molar-refractivity contribution in [2.45, 2.75) is 77.4 Å². The minimum absolute atomic E-state index is 0.108. The van der Waals surface area contributed by atoms with Crippen LogP contribution in [0, 0.1) is 23.2 Å². The lowest BCUT2D eigenvalue weighted by Gasteiger charge is -2.47. The van der Waals surface area contributed by atoms with Gasteiger partial charge in [0.05, 0.1) is 39.9 Å². The van der Waals surface area contributed by atoms with Crippen LogP contribution >= 0.6 is 0 Å². The molecule has 3 aliphatic rings. The molecule has 1 fully saturated rings. The Bertz CT molecular complexity index is 1490. The van der Waals surface area contributed by atoms with E-state index < -0.39 is 18.3 Å². The number of rotatable bonds is 3. The molecule has 0 saturated carbocycles. The van der Waals surface area contributed by atoms with Crippen LogP contribution < -0.4 is 5.46 Å². The van der Waals surface area contributed by atoms with E-state index in [1.165, 1.54) is 0 Å². The summed E-state index contributed by atoms with van der Waals surface area (Å²) in [6, 6.07) is 12.3. The summed E-state index contributed by atoms with van der Waals surface area (Å²) >= 11 is 0. The third-order valence-electron chi connectivity index (χ3n) is 9.56. The van der Waals surface area contributed by atoms with Crippen molar-refractivity contribution in [1.82, 2.24) is 19.7 Å². The Morgan fingerprint density at radius 3 is 2.38 bits per heavy atom. The first kappa shape index (κ1) is 25.8. The second-order valence-corrected chi connectivity index (χ2v) is 12.4. The van der Waals surface area contributed by atoms with Crippen molar-refractivity contribution < 1.29 is 14.4 Å². The van der Waals surface area contributed by atoms with Crippen LogP contribution in [0.25, 0.3) is 17.1 Å². The van der Waals surface area contributed by atoms with E-state index in [9.17, 15) is 10.4 Å². The van der Waals surface area contributed by atoms with Crippen molar-refractivity contribution in [1.29, 1.82) is 5.26 Å². The van der Waals surface area contributed by atoms with Gasteiger partial charge in [-0.15, -0.1) is 0 Å². The van der Waals surface area contributed by atoms with Crippen LogP contribution in [0.2, 0.25) is 0 Å². The highest BCUT2D eigenvalue weighted by atomic mass is 16.7. The zero-order valence-corrected chi connectivity index (χ0v) is 23.4. The van der Waals surface area contributed by atoms with E-state index in [-0.39, 0.29) is 23.0 Å². The van der Waals surface area contributed by atoms with Crippen LogP contribution in [0.1, 0.15) is 65.6 Å². The molecule has 1 saturated heterocycles. The lowest BCUT2D eigenvalue weighted by Crippen LogP contribution is -2.45. The average molecular weight is 523 g/mol. The molecule has 9 heteroatoms. The smallest absolute Gasteiger partial charge is 0.494 e. The molecule has 3 atom stereocenters. The van der Waals surface area contributed by atoms with Gasteiger partial charge in [-0.1, -0.05) is 26.0 Å². The fourth-order valence-electron chi connectivity index (χ4n) is 6.68. The Labute approximate surface area is 229 Å². The predicted octanol–water partition coefficient (Wildman–Crippen LogP) is 4.82. The number of hydrogen-bond acceptors (Lipinski definition) is 7. The first-order valence-corrected chi connectivity index (χ1v) is 13.6. The van der Waals surface area contributed by atoms with Crippen molar-refractivity contribution in [3.63, 3.8) is 0 Å². The van der Waals surface area contributed by atoms with Crippen LogP contribution in [0.15, 0.2) is 54.2 Å². The highest BCUT2D eigenvalue weighted by Gasteiger charge is 2.53. The first-order chi connectivity index (χ1) is 18.5. The summed E-state index contributed by atoms with van der Waals surface area (Å²) in [5.41, 5.74) is 4.96. The number of hydrogen-bond donors (Lipinski definition) is 1. The van der Waals surface area contributed by atoms with E-state index in [2.05, 4.69) is 62.8 Å². The number of nitriles is 1. The lowest BCUT2D eigenvalue weighted by molar-refractivity contribution is 0.00578. The van der Waals surface area contributed by atoms with Crippen molar-refractivity contribution in [2.24, 2.45) is 11.8 Å². The normalized spacial score (nSPS) is 27.2. The number of aliphatic hydroxyl groups is 1. The van der Waals surface area contributed by atoms with Crippen molar-refractivity contribution in [2.75, 3.05) is 0 Å². The average Bonchev–Trinajstić information content (AvgIpc) is 3.41. The number of allylic oxidation sites excluding steroid dienone is 2. The SMILES string of the molecule is C[C@H]1C(O)=C(C#N)C[C@@]2(C)c3c(c(-c4ccncn4)nn3-c3ccc(B4OC(C)(C)C(C)(C)O4)cc3)CC[C@H]12. The van der Waals surface area contributed by atoms with Crippen molar-refractivity contribution in [3.8, 4) is 23.1 Å². The number of fused-ring (bicyclic) bond motifs is 3. The Kier molecular flexibility index (Phi) is 5.80. The molecule has 1 N–H and O–H groups in total. The van der Waals surface area contributed by atoms with Crippen LogP contribution in [0.5, 0.6) is 0 Å². The minimum Gasteiger partial charge on any atom is -0.511 e. The van der Waals surface area contributed by atoms with Gasteiger partial charge in [0.2, 0.25) is 0 Å². The maximum atomic E-state index is 10.8. The standard InChI is InChI=1S/C30H34BN5O3/c1-18-23-12-11-22-25(24-13-14-33-17-34-24)35-36(27(22)30(23,6)15-19(16-32)26(18)37)21-9-7-20(8-10-21)31-38-28(2,3)29(4,5)39-31/h7-10,13-14,17-18,23,37H,11-12,15H2,1-6H3/t18-,23-,30-/m1/s1. The van der Waals surface area contributed by atoms with E-state index >= 15 is 0 Å². The van der Waals surface area contributed by atoms with E-state index in [0.717, 1.165) is 46.6 Å². The summed E-state index contributed by atoms with van der Waals surface area (Å²) in [4.78, 5) is 8.62. The third kappa shape index (κ3) is 3.84. The van der Waals surface area contributed by atoms with E-state index in [1.807, 2.05) is 29.8 Å². The minimum atomic E-state index is -0.445. The van der Waals surface area contributed by atoms with Gasteiger partial charge in [-0.3, -0.25) is 0 Å². The molecule has 0 unspecified atom stereocenters. The quantitative estimate of drug-likeness (QED) is 0.491. The third-order valence-corrected chi connectivity index (χ3v) is 9.56. The highest BCUT2D eigenvalue weighted by molar-refractivity contribution is 6.62. The Hall–Kier alpha value is -3.48. The summed E-state index contributed by atoms with van der Waals surface area (Å²) in [6.07, 6.45) is 5.47. The topological polar surface area (TPSA) is 106 Å². The largest absolute Gasteiger partial charge is 0.511 e. The molecular weight excluding hydrogens is 489 g/mol.